The number of aromatic hydroxyl groups is 1. The SMILES string of the molecule is COC(=O)c1cc(I)cc(-c2ccccc2O)c1. The highest BCUT2D eigenvalue weighted by Gasteiger charge is 2.10. The lowest BCUT2D eigenvalue weighted by Gasteiger charge is -2.07. The third-order valence-corrected chi connectivity index (χ3v) is 3.16. The van der Waals surface area contributed by atoms with Crippen LogP contribution in [0.5, 0.6) is 5.75 Å². The Morgan fingerprint density at radius 3 is 2.61 bits per heavy atom. The molecule has 2 aromatic carbocycles. The molecule has 0 atom stereocenters. The number of phenolic OH excluding ortho intramolecular Hbond substituents is 1. The third-order valence-electron chi connectivity index (χ3n) is 2.53. The number of ether oxygens (including phenoxy) is 1. The molecule has 0 fully saturated rings. The Balaban J connectivity index is 2.55. The van der Waals surface area contributed by atoms with Gasteiger partial charge in [-0.15, -0.1) is 0 Å². The van der Waals surface area contributed by atoms with Gasteiger partial charge >= 0.3 is 5.97 Å². The van der Waals surface area contributed by atoms with Gasteiger partial charge in [-0.3, -0.25) is 0 Å². The van der Waals surface area contributed by atoms with Gasteiger partial charge in [0.05, 0.1) is 12.7 Å². The summed E-state index contributed by atoms with van der Waals surface area (Å²) in [7, 11) is 1.35. The first-order valence-electron chi connectivity index (χ1n) is 5.29. The topological polar surface area (TPSA) is 46.5 Å². The zero-order valence-corrected chi connectivity index (χ0v) is 11.8. The normalized spacial score (nSPS) is 10.1. The van der Waals surface area contributed by atoms with Crippen LogP contribution in [0.4, 0.5) is 0 Å². The number of carbonyl (C=O) groups excluding carboxylic acids is 1. The maximum atomic E-state index is 11.5. The smallest absolute Gasteiger partial charge is 0.337 e. The Labute approximate surface area is 119 Å². The molecule has 2 rings (SSSR count). The molecule has 0 heterocycles. The van der Waals surface area contributed by atoms with Gasteiger partial charge in [0.1, 0.15) is 5.75 Å². The van der Waals surface area contributed by atoms with Crippen LogP contribution >= 0.6 is 22.6 Å². The highest BCUT2D eigenvalue weighted by Crippen LogP contribution is 2.30. The van der Waals surface area contributed by atoms with E-state index in [4.69, 9.17) is 4.74 Å². The number of methoxy groups -OCH3 is 1. The lowest BCUT2D eigenvalue weighted by atomic mass is 10.0. The van der Waals surface area contributed by atoms with E-state index in [1.165, 1.54) is 7.11 Å². The van der Waals surface area contributed by atoms with Crippen LogP contribution in [0.3, 0.4) is 0 Å². The third kappa shape index (κ3) is 2.64. The van der Waals surface area contributed by atoms with Gasteiger partial charge in [0, 0.05) is 9.13 Å². The van der Waals surface area contributed by atoms with Gasteiger partial charge in [-0.2, -0.15) is 0 Å². The first kappa shape index (κ1) is 12.9. The van der Waals surface area contributed by atoms with E-state index < -0.39 is 0 Å². The number of esters is 1. The predicted octanol–water partition coefficient (Wildman–Crippen LogP) is 3.45. The van der Waals surface area contributed by atoms with Gasteiger partial charge in [0.25, 0.3) is 0 Å². The van der Waals surface area contributed by atoms with Gasteiger partial charge in [-0.1, -0.05) is 18.2 Å². The maximum Gasteiger partial charge on any atom is 0.337 e. The minimum absolute atomic E-state index is 0.190. The van der Waals surface area contributed by atoms with E-state index in [9.17, 15) is 9.90 Å². The summed E-state index contributed by atoms with van der Waals surface area (Å²) in [5, 5.41) is 9.82. The second-order valence-electron chi connectivity index (χ2n) is 3.74. The lowest BCUT2D eigenvalue weighted by Crippen LogP contribution is -2.01. The number of hydrogen-bond donors (Lipinski definition) is 1. The zero-order valence-electron chi connectivity index (χ0n) is 9.68. The Morgan fingerprint density at radius 1 is 1.22 bits per heavy atom. The van der Waals surface area contributed by atoms with Crippen molar-refractivity contribution >= 4 is 28.6 Å². The van der Waals surface area contributed by atoms with Crippen LogP contribution < -0.4 is 0 Å². The van der Waals surface area contributed by atoms with E-state index >= 15 is 0 Å². The number of carbonyl (C=O) groups is 1. The number of halogens is 1. The van der Waals surface area contributed by atoms with Crippen molar-refractivity contribution in [2.24, 2.45) is 0 Å². The van der Waals surface area contributed by atoms with Crippen LogP contribution in [0.1, 0.15) is 10.4 Å². The minimum Gasteiger partial charge on any atom is -0.507 e. The van der Waals surface area contributed by atoms with Gasteiger partial charge in [0.15, 0.2) is 0 Å². The van der Waals surface area contributed by atoms with Crippen molar-refractivity contribution in [1.29, 1.82) is 0 Å². The predicted molar refractivity (Wildman–Crippen MR) is 77.6 cm³/mol. The van der Waals surface area contributed by atoms with Gasteiger partial charge in [-0.05, 0) is 52.4 Å². The Kier molecular flexibility index (Phi) is 3.86. The highest BCUT2D eigenvalue weighted by molar-refractivity contribution is 14.1. The molecule has 0 saturated heterocycles. The molecule has 0 aliphatic carbocycles. The van der Waals surface area contributed by atoms with Crippen LogP contribution in [-0.2, 0) is 4.74 Å². The standard InChI is InChI=1S/C14H11IO3/c1-18-14(17)10-6-9(7-11(15)8-10)12-4-2-3-5-13(12)16/h2-8,16H,1H3. The first-order valence-corrected chi connectivity index (χ1v) is 6.37. The summed E-state index contributed by atoms with van der Waals surface area (Å²) >= 11 is 2.13. The number of rotatable bonds is 2. The Bertz CT molecular complexity index is 593. The number of benzene rings is 2. The summed E-state index contributed by atoms with van der Waals surface area (Å²) in [6.07, 6.45) is 0. The molecule has 0 spiro atoms. The molecule has 0 bridgehead atoms. The number of phenols is 1. The Morgan fingerprint density at radius 2 is 1.94 bits per heavy atom. The molecule has 4 heteroatoms. The number of hydrogen-bond acceptors (Lipinski definition) is 3. The molecule has 3 nitrogen and oxygen atoms in total. The molecule has 2 aromatic rings. The molecule has 0 unspecified atom stereocenters. The van der Waals surface area contributed by atoms with E-state index in [0.29, 0.717) is 11.1 Å². The summed E-state index contributed by atoms with van der Waals surface area (Å²) in [4.78, 5) is 11.5. The van der Waals surface area contributed by atoms with E-state index in [-0.39, 0.29) is 11.7 Å². The average Bonchev–Trinajstić information content (AvgIpc) is 2.37. The molecule has 0 radical (unpaired) electrons. The van der Waals surface area contributed by atoms with Crippen molar-refractivity contribution in [3.63, 3.8) is 0 Å². The summed E-state index contributed by atoms with van der Waals surface area (Å²) in [6, 6.07) is 12.4. The molecule has 0 aromatic heterocycles. The fourth-order valence-corrected chi connectivity index (χ4v) is 2.37. The second kappa shape index (κ2) is 5.39. The summed E-state index contributed by atoms with van der Waals surface area (Å²) in [6.45, 7) is 0. The molecule has 0 aliphatic heterocycles. The fraction of sp³-hybridized carbons (Fsp3) is 0.0714. The van der Waals surface area contributed by atoms with Gasteiger partial charge < -0.3 is 9.84 Å². The Hall–Kier alpha value is -1.56. The van der Waals surface area contributed by atoms with E-state index in [2.05, 4.69) is 22.6 Å². The van der Waals surface area contributed by atoms with Crippen LogP contribution in [0.15, 0.2) is 42.5 Å². The summed E-state index contributed by atoms with van der Waals surface area (Å²) in [5.74, 6) is -0.194. The monoisotopic (exact) mass is 354 g/mol. The fourth-order valence-electron chi connectivity index (χ4n) is 1.70. The van der Waals surface area contributed by atoms with Crippen molar-refractivity contribution in [1.82, 2.24) is 0 Å². The van der Waals surface area contributed by atoms with Crippen molar-refractivity contribution in [2.75, 3.05) is 7.11 Å². The summed E-state index contributed by atoms with van der Waals surface area (Å²) < 4.78 is 5.62. The van der Waals surface area contributed by atoms with Crippen LogP contribution in [0.2, 0.25) is 0 Å². The van der Waals surface area contributed by atoms with E-state index in [0.717, 1.165) is 9.13 Å². The molecule has 18 heavy (non-hydrogen) atoms. The zero-order chi connectivity index (χ0) is 13.1. The molecule has 92 valence electrons. The molecule has 0 saturated carbocycles. The van der Waals surface area contributed by atoms with Gasteiger partial charge in [-0.25, -0.2) is 4.79 Å². The van der Waals surface area contributed by atoms with Crippen molar-refractivity contribution in [3.05, 3.63) is 51.6 Å². The molecule has 1 N–H and O–H groups in total. The number of para-hydroxylation sites is 1. The van der Waals surface area contributed by atoms with Crippen LogP contribution in [0.25, 0.3) is 11.1 Å². The van der Waals surface area contributed by atoms with Crippen molar-refractivity contribution in [2.45, 2.75) is 0 Å². The van der Waals surface area contributed by atoms with Crippen LogP contribution in [0, 0.1) is 3.57 Å². The largest absolute Gasteiger partial charge is 0.507 e. The van der Waals surface area contributed by atoms with E-state index in [1.54, 1.807) is 24.3 Å². The quantitative estimate of drug-likeness (QED) is 0.664. The molecular formula is C14H11IO3. The van der Waals surface area contributed by atoms with Crippen molar-refractivity contribution in [3.8, 4) is 16.9 Å². The maximum absolute atomic E-state index is 11.5. The average molecular weight is 354 g/mol. The van der Waals surface area contributed by atoms with Gasteiger partial charge in [0.2, 0.25) is 0 Å². The second-order valence-corrected chi connectivity index (χ2v) is 4.98. The van der Waals surface area contributed by atoms with E-state index in [1.807, 2.05) is 18.2 Å². The highest BCUT2D eigenvalue weighted by atomic mass is 127. The summed E-state index contributed by atoms with van der Waals surface area (Å²) in [5.41, 5.74) is 1.96. The lowest BCUT2D eigenvalue weighted by molar-refractivity contribution is 0.0600. The molecular weight excluding hydrogens is 343 g/mol. The minimum atomic E-state index is -0.384. The van der Waals surface area contributed by atoms with Crippen LogP contribution in [-0.4, -0.2) is 18.2 Å². The molecule has 0 aliphatic rings. The van der Waals surface area contributed by atoms with Crippen molar-refractivity contribution < 1.29 is 14.6 Å². The first-order chi connectivity index (χ1) is 8.61. The molecule has 0 amide bonds.